The molecule has 0 bridgehead atoms. The molecule has 92 valence electrons. The molecular weight excluding hydrogens is 198 g/mol. The molecule has 0 saturated heterocycles. The minimum Gasteiger partial charge on any atom is -0.394 e. The molecule has 0 aromatic carbocycles. The second kappa shape index (κ2) is 11.9. The fraction of sp³-hybridized carbons (Fsp3) is 1.00. The zero-order valence-corrected chi connectivity index (χ0v) is 9.23. The van der Waals surface area contributed by atoms with Crippen molar-refractivity contribution in [2.24, 2.45) is 11.7 Å². The first-order valence-corrected chi connectivity index (χ1v) is 5.42. The van der Waals surface area contributed by atoms with E-state index in [1.807, 2.05) is 0 Å². The second-order valence-electron chi connectivity index (χ2n) is 3.35. The van der Waals surface area contributed by atoms with E-state index in [9.17, 15) is 0 Å². The molecular formula is C10H23NO4. The van der Waals surface area contributed by atoms with Gasteiger partial charge in [0, 0.05) is 13.2 Å². The molecule has 5 nitrogen and oxygen atoms in total. The van der Waals surface area contributed by atoms with E-state index in [2.05, 4.69) is 0 Å². The highest BCUT2D eigenvalue weighted by Crippen LogP contribution is 2.07. The molecule has 0 aliphatic heterocycles. The molecule has 0 unspecified atom stereocenters. The van der Waals surface area contributed by atoms with E-state index in [1.165, 1.54) is 0 Å². The Labute approximate surface area is 91.2 Å². The minimum absolute atomic E-state index is 0.0624. The van der Waals surface area contributed by atoms with Gasteiger partial charge in [-0.3, -0.25) is 0 Å². The molecule has 5 heteroatoms. The van der Waals surface area contributed by atoms with Crippen molar-refractivity contribution in [2.75, 3.05) is 46.2 Å². The molecule has 0 aliphatic rings. The van der Waals surface area contributed by atoms with Crippen LogP contribution < -0.4 is 5.73 Å². The SMILES string of the molecule is NCC(CCOCCO)CCOCCO. The molecule has 0 aromatic rings. The van der Waals surface area contributed by atoms with Crippen molar-refractivity contribution in [1.29, 1.82) is 0 Å². The topological polar surface area (TPSA) is 84.9 Å². The summed E-state index contributed by atoms with van der Waals surface area (Å²) in [5, 5.41) is 17.0. The van der Waals surface area contributed by atoms with Crippen molar-refractivity contribution in [2.45, 2.75) is 12.8 Å². The van der Waals surface area contributed by atoms with Crippen LogP contribution in [0.3, 0.4) is 0 Å². The monoisotopic (exact) mass is 221 g/mol. The van der Waals surface area contributed by atoms with Crippen molar-refractivity contribution >= 4 is 0 Å². The van der Waals surface area contributed by atoms with Crippen LogP contribution in [0.15, 0.2) is 0 Å². The molecule has 0 spiro atoms. The standard InChI is InChI=1S/C10H23NO4/c11-9-10(1-5-14-7-3-12)2-6-15-8-4-13/h10,12-13H,1-9,11H2. The van der Waals surface area contributed by atoms with Crippen molar-refractivity contribution in [3.63, 3.8) is 0 Å². The van der Waals surface area contributed by atoms with Crippen LogP contribution in [0.5, 0.6) is 0 Å². The van der Waals surface area contributed by atoms with Crippen LogP contribution in [0.4, 0.5) is 0 Å². The molecule has 0 aliphatic carbocycles. The highest BCUT2D eigenvalue weighted by atomic mass is 16.5. The van der Waals surface area contributed by atoms with Gasteiger partial charge in [0.15, 0.2) is 0 Å². The Hall–Kier alpha value is -0.200. The molecule has 0 atom stereocenters. The van der Waals surface area contributed by atoms with Crippen molar-refractivity contribution in [3.8, 4) is 0 Å². The van der Waals surface area contributed by atoms with Gasteiger partial charge in [-0.05, 0) is 25.3 Å². The molecule has 0 amide bonds. The van der Waals surface area contributed by atoms with Crippen LogP contribution in [0.2, 0.25) is 0 Å². The first kappa shape index (κ1) is 14.8. The van der Waals surface area contributed by atoms with E-state index >= 15 is 0 Å². The molecule has 4 N–H and O–H groups in total. The number of nitrogens with two attached hydrogens (primary N) is 1. The van der Waals surface area contributed by atoms with Crippen LogP contribution in [-0.4, -0.2) is 56.4 Å². The largest absolute Gasteiger partial charge is 0.394 e. The van der Waals surface area contributed by atoms with Crippen molar-refractivity contribution in [3.05, 3.63) is 0 Å². The highest BCUT2D eigenvalue weighted by Gasteiger charge is 2.06. The number of aliphatic hydroxyl groups is 2. The summed E-state index contributed by atoms with van der Waals surface area (Å²) in [5.74, 6) is 0.391. The van der Waals surface area contributed by atoms with Gasteiger partial charge >= 0.3 is 0 Å². The number of rotatable bonds is 11. The lowest BCUT2D eigenvalue weighted by Gasteiger charge is -2.14. The fourth-order valence-electron chi connectivity index (χ4n) is 1.21. The second-order valence-corrected chi connectivity index (χ2v) is 3.35. The molecule has 0 radical (unpaired) electrons. The lowest BCUT2D eigenvalue weighted by molar-refractivity contribution is 0.0667. The first-order chi connectivity index (χ1) is 7.35. The third-order valence-electron chi connectivity index (χ3n) is 2.15. The third-order valence-corrected chi connectivity index (χ3v) is 2.15. The maximum Gasteiger partial charge on any atom is 0.0697 e. The number of hydrogen-bond acceptors (Lipinski definition) is 5. The third kappa shape index (κ3) is 10.1. The van der Waals surface area contributed by atoms with Gasteiger partial charge in [0.2, 0.25) is 0 Å². The maximum absolute atomic E-state index is 8.50. The summed E-state index contributed by atoms with van der Waals surface area (Å²) in [7, 11) is 0. The summed E-state index contributed by atoms with van der Waals surface area (Å²) in [5.41, 5.74) is 5.59. The van der Waals surface area contributed by atoms with Crippen LogP contribution >= 0.6 is 0 Å². The van der Waals surface area contributed by atoms with Gasteiger partial charge in [0.1, 0.15) is 0 Å². The minimum atomic E-state index is 0.0624. The van der Waals surface area contributed by atoms with Gasteiger partial charge in [-0.15, -0.1) is 0 Å². The van der Waals surface area contributed by atoms with Gasteiger partial charge < -0.3 is 25.4 Å². The fourth-order valence-corrected chi connectivity index (χ4v) is 1.21. The predicted octanol–water partition coefficient (Wildman–Crippen LogP) is -0.641. The molecule has 0 heterocycles. The van der Waals surface area contributed by atoms with E-state index in [4.69, 9.17) is 25.4 Å². The van der Waals surface area contributed by atoms with Gasteiger partial charge in [-0.2, -0.15) is 0 Å². The van der Waals surface area contributed by atoms with Crippen molar-refractivity contribution < 1.29 is 19.7 Å². The lowest BCUT2D eigenvalue weighted by Crippen LogP contribution is -2.19. The Kier molecular flexibility index (Phi) is 11.7. The van der Waals surface area contributed by atoms with Gasteiger partial charge in [0.05, 0.1) is 26.4 Å². The maximum atomic E-state index is 8.50. The average Bonchev–Trinajstić information content (AvgIpc) is 2.27. The average molecular weight is 221 g/mol. The summed E-state index contributed by atoms with van der Waals surface area (Å²) in [6.07, 6.45) is 1.78. The zero-order valence-electron chi connectivity index (χ0n) is 9.23. The lowest BCUT2D eigenvalue weighted by atomic mass is 10.0. The molecule has 0 rings (SSSR count). The summed E-state index contributed by atoms with van der Waals surface area (Å²) in [6, 6.07) is 0. The highest BCUT2D eigenvalue weighted by molar-refractivity contribution is 4.59. The Balaban J connectivity index is 3.29. The van der Waals surface area contributed by atoms with E-state index < -0.39 is 0 Å². The van der Waals surface area contributed by atoms with Gasteiger partial charge in [-0.1, -0.05) is 0 Å². The van der Waals surface area contributed by atoms with E-state index in [0.29, 0.717) is 38.9 Å². The zero-order chi connectivity index (χ0) is 11.4. The van der Waals surface area contributed by atoms with Crippen LogP contribution in [-0.2, 0) is 9.47 Å². The molecule has 0 saturated carbocycles. The Morgan fingerprint density at radius 1 is 0.867 bits per heavy atom. The van der Waals surface area contributed by atoms with E-state index in [0.717, 1.165) is 12.8 Å². The quantitative estimate of drug-likeness (QED) is 0.404. The number of ether oxygens (including phenoxy) is 2. The summed E-state index contributed by atoms with van der Waals surface area (Å²) < 4.78 is 10.3. The smallest absolute Gasteiger partial charge is 0.0697 e. The first-order valence-electron chi connectivity index (χ1n) is 5.42. The van der Waals surface area contributed by atoms with Gasteiger partial charge in [0.25, 0.3) is 0 Å². The van der Waals surface area contributed by atoms with E-state index in [1.54, 1.807) is 0 Å². The summed E-state index contributed by atoms with van der Waals surface area (Å²) >= 11 is 0. The number of hydrogen-bond donors (Lipinski definition) is 3. The normalized spacial score (nSPS) is 11.2. The Morgan fingerprint density at radius 3 is 1.67 bits per heavy atom. The Morgan fingerprint density at radius 2 is 1.33 bits per heavy atom. The Bertz CT molecular complexity index is 112. The summed E-state index contributed by atoms with van der Waals surface area (Å²) in [6.45, 7) is 2.77. The van der Waals surface area contributed by atoms with Crippen LogP contribution in [0, 0.1) is 5.92 Å². The molecule has 15 heavy (non-hydrogen) atoms. The predicted molar refractivity (Wildman–Crippen MR) is 57.6 cm³/mol. The van der Waals surface area contributed by atoms with Crippen LogP contribution in [0.1, 0.15) is 12.8 Å². The number of aliphatic hydroxyl groups excluding tert-OH is 2. The molecule has 0 aromatic heterocycles. The molecule has 0 fully saturated rings. The summed E-state index contributed by atoms with van der Waals surface area (Å²) in [4.78, 5) is 0. The van der Waals surface area contributed by atoms with Crippen LogP contribution in [0.25, 0.3) is 0 Å². The van der Waals surface area contributed by atoms with Crippen molar-refractivity contribution in [1.82, 2.24) is 0 Å². The van der Waals surface area contributed by atoms with E-state index in [-0.39, 0.29) is 13.2 Å². The van der Waals surface area contributed by atoms with Gasteiger partial charge in [-0.25, -0.2) is 0 Å².